The Morgan fingerprint density at radius 1 is 1.04 bits per heavy atom. The molecule has 0 aromatic heterocycles. The molecule has 0 spiro atoms. The maximum Gasteiger partial charge on any atom is 0.401 e. The zero-order valence-corrected chi connectivity index (χ0v) is 15.9. The SMILES string of the molecule is CCNC(=NCCN(C(C)C)C(C)C)NCCN(C)CC(F)(F)F. The van der Waals surface area contributed by atoms with Crippen molar-refractivity contribution in [2.24, 2.45) is 4.99 Å². The summed E-state index contributed by atoms with van der Waals surface area (Å²) in [6.07, 6.45) is -4.16. The van der Waals surface area contributed by atoms with Crippen molar-refractivity contribution in [3.63, 3.8) is 0 Å². The van der Waals surface area contributed by atoms with Crippen molar-refractivity contribution in [2.75, 3.05) is 46.3 Å². The third kappa shape index (κ3) is 11.5. The molecule has 0 unspecified atom stereocenters. The van der Waals surface area contributed by atoms with Crippen LogP contribution in [0.4, 0.5) is 13.2 Å². The summed E-state index contributed by atoms with van der Waals surface area (Å²) >= 11 is 0. The van der Waals surface area contributed by atoms with Crippen molar-refractivity contribution in [1.82, 2.24) is 20.4 Å². The van der Waals surface area contributed by atoms with Crippen LogP contribution in [0.15, 0.2) is 4.99 Å². The molecule has 0 heterocycles. The van der Waals surface area contributed by atoms with Gasteiger partial charge in [-0.05, 0) is 41.7 Å². The van der Waals surface area contributed by atoms with Gasteiger partial charge >= 0.3 is 6.18 Å². The Kier molecular flexibility index (Phi) is 11.0. The summed E-state index contributed by atoms with van der Waals surface area (Å²) in [5, 5.41) is 6.20. The number of alkyl halides is 3. The molecule has 0 fully saturated rings. The molecular formula is C16H34F3N5. The molecule has 0 radical (unpaired) electrons. The van der Waals surface area contributed by atoms with Crippen LogP contribution in [0.5, 0.6) is 0 Å². The van der Waals surface area contributed by atoms with Gasteiger partial charge in [0.25, 0.3) is 0 Å². The Labute approximate surface area is 144 Å². The van der Waals surface area contributed by atoms with Gasteiger partial charge in [-0.2, -0.15) is 13.2 Å². The number of hydrogen-bond donors (Lipinski definition) is 2. The van der Waals surface area contributed by atoms with Crippen molar-refractivity contribution < 1.29 is 13.2 Å². The van der Waals surface area contributed by atoms with Gasteiger partial charge in [-0.3, -0.25) is 14.8 Å². The monoisotopic (exact) mass is 353 g/mol. The van der Waals surface area contributed by atoms with Gasteiger partial charge in [0.15, 0.2) is 5.96 Å². The van der Waals surface area contributed by atoms with Crippen LogP contribution in [0.2, 0.25) is 0 Å². The molecule has 0 atom stereocenters. The van der Waals surface area contributed by atoms with Gasteiger partial charge in [0.2, 0.25) is 0 Å². The van der Waals surface area contributed by atoms with E-state index in [-0.39, 0.29) is 0 Å². The number of aliphatic imine (C=N–C) groups is 1. The molecule has 0 aromatic carbocycles. The number of hydrogen-bond acceptors (Lipinski definition) is 3. The quantitative estimate of drug-likeness (QED) is 0.467. The number of nitrogens with one attached hydrogen (secondary N) is 2. The summed E-state index contributed by atoms with van der Waals surface area (Å²) in [6.45, 7) is 12.6. The van der Waals surface area contributed by atoms with Crippen LogP contribution in [0.1, 0.15) is 34.6 Å². The van der Waals surface area contributed by atoms with Crippen LogP contribution in [0.3, 0.4) is 0 Å². The van der Waals surface area contributed by atoms with Crippen LogP contribution in [-0.2, 0) is 0 Å². The third-order valence-electron chi connectivity index (χ3n) is 3.53. The fourth-order valence-corrected chi connectivity index (χ4v) is 2.48. The summed E-state index contributed by atoms with van der Waals surface area (Å²) in [5.74, 6) is 0.644. The molecule has 5 nitrogen and oxygen atoms in total. The number of halogens is 3. The van der Waals surface area contributed by atoms with Crippen LogP contribution in [0.25, 0.3) is 0 Å². The van der Waals surface area contributed by atoms with E-state index in [1.807, 2.05) is 6.92 Å². The molecule has 8 heteroatoms. The Balaban J connectivity index is 4.33. The second-order valence-electron chi connectivity index (χ2n) is 6.47. The number of nitrogens with zero attached hydrogens (tertiary/aromatic N) is 3. The number of likely N-dealkylation sites (N-methyl/N-ethyl adjacent to an activating group) is 1. The van der Waals surface area contributed by atoms with Gasteiger partial charge in [-0.25, -0.2) is 0 Å². The van der Waals surface area contributed by atoms with E-state index in [4.69, 9.17) is 0 Å². The lowest BCUT2D eigenvalue weighted by Gasteiger charge is -2.29. The van der Waals surface area contributed by atoms with Crippen molar-refractivity contribution in [1.29, 1.82) is 0 Å². The van der Waals surface area contributed by atoms with Gasteiger partial charge in [0.05, 0.1) is 13.1 Å². The van der Waals surface area contributed by atoms with E-state index < -0.39 is 12.7 Å². The first kappa shape index (κ1) is 23.0. The van der Waals surface area contributed by atoms with Crippen molar-refractivity contribution in [3.8, 4) is 0 Å². The highest BCUT2D eigenvalue weighted by molar-refractivity contribution is 5.79. The summed E-state index contributed by atoms with van der Waals surface area (Å²) < 4.78 is 36.8. The molecule has 0 saturated heterocycles. The summed E-state index contributed by atoms with van der Waals surface area (Å²) in [4.78, 5) is 8.10. The van der Waals surface area contributed by atoms with Crippen LogP contribution in [0, 0.1) is 0 Å². The Bertz CT molecular complexity index is 348. The van der Waals surface area contributed by atoms with E-state index in [1.165, 1.54) is 11.9 Å². The highest BCUT2D eigenvalue weighted by Crippen LogP contribution is 2.14. The zero-order valence-electron chi connectivity index (χ0n) is 15.9. The fraction of sp³-hybridized carbons (Fsp3) is 0.938. The van der Waals surface area contributed by atoms with Gasteiger partial charge in [0, 0.05) is 38.3 Å². The highest BCUT2D eigenvalue weighted by atomic mass is 19.4. The van der Waals surface area contributed by atoms with E-state index in [0.717, 1.165) is 6.54 Å². The number of guanidine groups is 1. The van der Waals surface area contributed by atoms with Crippen molar-refractivity contribution >= 4 is 5.96 Å². The molecule has 0 aliphatic rings. The molecule has 24 heavy (non-hydrogen) atoms. The number of rotatable bonds is 10. The predicted octanol–water partition coefficient (Wildman–Crippen LogP) is 2.15. The second-order valence-corrected chi connectivity index (χ2v) is 6.47. The zero-order chi connectivity index (χ0) is 18.8. The maximum atomic E-state index is 12.3. The Hall–Kier alpha value is -1.02. The van der Waals surface area contributed by atoms with Gasteiger partial charge in [-0.15, -0.1) is 0 Å². The standard InChI is InChI=1S/C16H34F3N5/c1-7-20-15(21-8-10-23(6)12-16(17,18)19)22-9-11-24(13(2)3)14(4)5/h13-14H,7-12H2,1-6H3,(H2,20,21,22). The molecule has 0 amide bonds. The maximum absolute atomic E-state index is 12.3. The molecule has 0 bridgehead atoms. The van der Waals surface area contributed by atoms with Crippen molar-refractivity contribution in [2.45, 2.75) is 52.9 Å². The third-order valence-corrected chi connectivity index (χ3v) is 3.53. The van der Waals surface area contributed by atoms with Gasteiger partial charge in [0.1, 0.15) is 0 Å². The minimum absolute atomic E-state index is 0.300. The van der Waals surface area contributed by atoms with Crippen LogP contribution < -0.4 is 10.6 Å². The molecular weight excluding hydrogens is 319 g/mol. The second kappa shape index (κ2) is 11.5. The largest absolute Gasteiger partial charge is 0.401 e. The van der Waals surface area contributed by atoms with E-state index in [9.17, 15) is 13.2 Å². The topological polar surface area (TPSA) is 42.9 Å². The van der Waals surface area contributed by atoms with E-state index in [2.05, 4.69) is 48.2 Å². The van der Waals surface area contributed by atoms with E-state index >= 15 is 0 Å². The molecule has 0 aromatic rings. The summed E-state index contributed by atoms with van der Waals surface area (Å²) in [7, 11) is 1.46. The smallest absolute Gasteiger partial charge is 0.357 e. The van der Waals surface area contributed by atoms with Crippen LogP contribution >= 0.6 is 0 Å². The molecule has 144 valence electrons. The summed E-state index contributed by atoms with van der Waals surface area (Å²) in [6, 6.07) is 0.901. The molecule has 0 saturated carbocycles. The normalized spacial score (nSPS) is 13.5. The molecule has 2 N–H and O–H groups in total. The Morgan fingerprint density at radius 3 is 2.08 bits per heavy atom. The summed E-state index contributed by atoms with van der Waals surface area (Å²) in [5.41, 5.74) is 0. The van der Waals surface area contributed by atoms with E-state index in [0.29, 0.717) is 44.2 Å². The minimum atomic E-state index is -4.16. The lowest BCUT2D eigenvalue weighted by Crippen LogP contribution is -2.43. The van der Waals surface area contributed by atoms with Gasteiger partial charge in [-0.1, -0.05) is 0 Å². The lowest BCUT2D eigenvalue weighted by atomic mass is 10.2. The average Bonchev–Trinajstić information content (AvgIpc) is 2.40. The first-order valence-corrected chi connectivity index (χ1v) is 8.60. The van der Waals surface area contributed by atoms with Gasteiger partial charge < -0.3 is 10.6 Å². The first-order chi connectivity index (χ1) is 11.1. The Morgan fingerprint density at radius 2 is 1.62 bits per heavy atom. The molecule has 0 aliphatic carbocycles. The minimum Gasteiger partial charge on any atom is -0.357 e. The molecule has 0 aliphatic heterocycles. The van der Waals surface area contributed by atoms with E-state index in [1.54, 1.807) is 0 Å². The van der Waals surface area contributed by atoms with Crippen molar-refractivity contribution in [3.05, 3.63) is 0 Å². The predicted molar refractivity (Wildman–Crippen MR) is 94.5 cm³/mol. The van der Waals surface area contributed by atoms with Crippen LogP contribution in [-0.4, -0.2) is 80.3 Å². The fourth-order valence-electron chi connectivity index (χ4n) is 2.48. The lowest BCUT2D eigenvalue weighted by molar-refractivity contribution is -0.142. The first-order valence-electron chi connectivity index (χ1n) is 8.60. The molecule has 0 rings (SSSR count). The highest BCUT2D eigenvalue weighted by Gasteiger charge is 2.28. The average molecular weight is 353 g/mol.